The van der Waals surface area contributed by atoms with Crippen LogP contribution in [0.3, 0.4) is 0 Å². The molecule has 0 fully saturated rings. The van der Waals surface area contributed by atoms with Gasteiger partial charge in [0.2, 0.25) is 5.89 Å². The fourth-order valence-electron chi connectivity index (χ4n) is 2.59. The molecule has 0 radical (unpaired) electrons. The van der Waals surface area contributed by atoms with Gasteiger partial charge in [-0.15, -0.1) is 0 Å². The van der Waals surface area contributed by atoms with Crippen LogP contribution < -0.4 is 4.74 Å². The third-order valence-corrected chi connectivity index (χ3v) is 4.01. The number of hydrogen-bond acceptors (Lipinski definition) is 6. The van der Waals surface area contributed by atoms with Crippen LogP contribution in [0.15, 0.2) is 65.2 Å². The van der Waals surface area contributed by atoms with E-state index < -0.39 is 5.97 Å². The number of nitrogens with zero attached hydrogens (tertiary/aromatic N) is 1. The summed E-state index contributed by atoms with van der Waals surface area (Å²) in [5.41, 5.74) is 1.44. The fraction of sp³-hybridized carbons (Fsp3) is 0.227. The molecule has 0 amide bonds. The van der Waals surface area contributed by atoms with Crippen LogP contribution in [0, 0.1) is 0 Å². The van der Waals surface area contributed by atoms with Crippen molar-refractivity contribution in [1.82, 2.24) is 4.98 Å². The van der Waals surface area contributed by atoms with E-state index in [9.17, 15) is 9.59 Å². The molecule has 3 rings (SSSR count). The quantitative estimate of drug-likeness (QED) is 0.404. The Morgan fingerprint density at radius 3 is 2.46 bits per heavy atom. The number of hydrogen-bond donors (Lipinski definition) is 0. The number of rotatable bonds is 9. The van der Waals surface area contributed by atoms with Crippen molar-refractivity contribution in [3.8, 4) is 17.1 Å². The van der Waals surface area contributed by atoms with Crippen molar-refractivity contribution in [2.75, 3.05) is 6.61 Å². The molecule has 1 heterocycles. The highest BCUT2D eigenvalue weighted by Gasteiger charge is 2.12. The van der Waals surface area contributed by atoms with Gasteiger partial charge in [-0.05, 0) is 31.2 Å². The largest absolute Gasteiger partial charge is 0.494 e. The number of esters is 1. The van der Waals surface area contributed by atoms with Crippen LogP contribution in [0.25, 0.3) is 11.3 Å². The molecule has 3 aromatic rings. The van der Waals surface area contributed by atoms with Gasteiger partial charge in [0.1, 0.15) is 5.75 Å². The van der Waals surface area contributed by atoms with E-state index in [0.29, 0.717) is 29.6 Å². The van der Waals surface area contributed by atoms with Gasteiger partial charge < -0.3 is 13.9 Å². The van der Waals surface area contributed by atoms with Crippen LogP contribution >= 0.6 is 0 Å². The molecule has 0 aliphatic rings. The standard InChI is InChI=1S/C22H21NO5/c1-2-26-18-10-8-16(9-11-18)19(24)12-13-22(25)27-15-21-23-14-20(28-21)17-6-4-3-5-7-17/h3-11,14H,2,12-13,15H2,1H3. The Hall–Kier alpha value is -3.41. The number of benzene rings is 2. The molecule has 0 N–H and O–H groups in total. The first-order valence-electron chi connectivity index (χ1n) is 9.07. The molecule has 6 nitrogen and oxygen atoms in total. The van der Waals surface area contributed by atoms with E-state index in [2.05, 4.69) is 4.98 Å². The lowest BCUT2D eigenvalue weighted by atomic mass is 10.1. The van der Waals surface area contributed by atoms with E-state index in [4.69, 9.17) is 13.9 Å². The Morgan fingerprint density at radius 2 is 1.75 bits per heavy atom. The zero-order chi connectivity index (χ0) is 19.8. The van der Waals surface area contributed by atoms with Gasteiger partial charge in [-0.2, -0.15) is 0 Å². The first-order chi connectivity index (χ1) is 13.7. The molecule has 0 aliphatic heterocycles. The van der Waals surface area contributed by atoms with Gasteiger partial charge in [0.15, 0.2) is 18.2 Å². The Bertz CT molecular complexity index is 916. The first kappa shape index (κ1) is 19.4. The summed E-state index contributed by atoms with van der Waals surface area (Å²) in [6.45, 7) is 2.39. The Labute approximate surface area is 163 Å². The maximum absolute atomic E-state index is 12.2. The summed E-state index contributed by atoms with van der Waals surface area (Å²) in [7, 11) is 0. The molecule has 1 aromatic heterocycles. The molecule has 28 heavy (non-hydrogen) atoms. The predicted molar refractivity (Wildman–Crippen MR) is 103 cm³/mol. The molecule has 2 aromatic carbocycles. The van der Waals surface area contributed by atoms with Crippen LogP contribution in [0.4, 0.5) is 0 Å². The van der Waals surface area contributed by atoms with Gasteiger partial charge in [0.05, 0.1) is 19.2 Å². The molecule has 144 valence electrons. The van der Waals surface area contributed by atoms with Crippen molar-refractivity contribution in [3.05, 3.63) is 72.2 Å². The number of ether oxygens (including phenoxy) is 2. The zero-order valence-corrected chi connectivity index (χ0v) is 15.6. The average molecular weight is 379 g/mol. The number of ketones is 1. The summed E-state index contributed by atoms with van der Waals surface area (Å²) in [6, 6.07) is 16.4. The van der Waals surface area contributed by atoms with Gasteiger partial charge in [-0.1, -0.05) is 30.3 Å². The molecular formula is C22H21NO5. The highest BCUT2D eigenvalue weighted by Crippen LogP contribution is 2.20. The van der Waals surface area contributed by atoms with Crippen molar-refractivity contribution in [2.45, 2.75) is 26.4 Å². The third kappa shape index (κ3) is 5.30. The SMILES string of the molecule is CCOc1ccc(C(=O)CCC(=O)OCc2ncc(-c3ccccc3)o2)cc1. The Kier molecular flexibility index (Phi) is 6.57. The average Bonchev–Trinajstić information content (AvgIpc) is 3.21. The minimum atomic E-state index is -0.473. The van der Waals surface area contributed by atoms with Crippen molar-refractivity contribution in [1.29, 1.82) is 0 Å². The second-order valence-electron chi connectivity index (χ2n) is 6.03. The number of carbonyl (C=O) groups excluding carboxylic acids is 2. The highest BCUT2D eigenvalue weighted by atomic mass is 16.5. The minimum absolute atomic E-state index is 0.00169. The number of oxazole rings is 1. The van der Waals surface area contributed by atoms with E-state index >= 15 is 0 Å². The van der Waals surface area contributed by atoms with Crippen LogP contribution in [0.5, 0.6) is 5.75 Å². The van der Waals surface area contributed by atoms with Gasteiger partial charge in [-0.25, -0.2) is 4.98 Å². The number of carbonyl (C=O) groups is 2. The summed E-state index contributed by atoms with van der Waals surface area (Å²) in [5, 5.41) is 0. The van der Waals surface area contributed by atoms with E-state index in [1.807, 2.05) is 37.3 Å². The lowest BCUT2D eigenvalue weighted by Crippen LogP contribution is -2.08. The maximum atomic E-state index is 12.2. The Morgan fingerprint density at radius 1 is 1.00 bits per heavy atom. The monoisotopic (exact) mass is 379 g/mol. The van der Waals surface area contributed by atoms with Crippen LogP contribution in [-0.2, 0) is 16.1 Å². The van der Waals surface area contributed by atoms with Gasteiger partial charge in [0, 0.05) is 17.5 Å². The summed E-state index contributed by atoms with van der Waals surface area (Å²) >= 11 is 0. The third-order valence-electron chi connectivity index (χ3n) is 4.01. The summed E-state index contributed by atoms with van der Waals surface area (Å²) in [4.78, 5) is 28.2. The summed E-state index contributed by atoms with van der Waals surface area (Å²) in [5.74, 6) is 1.03. The molecule has 0 saturated carbocycles. The van der Waals surface area contributed by atoms with Gasteiger partial charge >= 0.3 is 5.97 Å². The fourth-order valence-corrected chi connectivity index (χ4v) is 2.59. The second kappa shape index (κ2) is 9.50. The summed E-state index contributed by atoms with van der Waals surface area (Å²) < 4.78 is 16.1. The van der Waals surface area contributed by atoms with Crippen LogP contribution in [-0.4, -0.2) is 23.3 Å². The van der Waals surface area contributed by atoms with Crippen molar-refractivity contribution < 1.29 is 23.5 Å². The van der Waals surface area contributed by atoms with Crippen molar-refractivity contribution >= 4 is 11.8 Å². The van der Waals surface area contributed by atoms with Crippen LogP contribution in [0.2, 0.25) is 0 Å². The zero-order valence-electron chi connectivity index (χ0n) is 15.6. The lowest BCUT2D eigenvalue weighted by molar-refractivity contribution is -0.145. The normalized spacial score (nSPS) is 10.5. The second-order valence-corrected chi connectivity index (χ2v) is 6.03. The van der Waals surface area contributed by atoms with Crippen molar-refractivity contribution in [3.63, 3.8) is 0 Å². The van der Waals surface area contributed by atoms with E-state index in [0.717, 1.165) is 5.56 Å². The Balaban J connectivity index is 1.44. The molecule has 0 bridgehead atoms. The molecule has 0 aliphatic carbocycles. The molecule has 0 unspecified atom stereocenters. The minimum Gasteiger partial charge on any atom is -0.494 e. The first-order valence-corrected chi connectivity index (χ1v) is 9.07. The molecule has 0 saturated heterocycles. The van der Waals surface area contributed by atoms with E-state index in [1.165, 1.54) is 0 Å². The maximum Gasteiger partial charge on any atom is 0.306 e. The topological polar surface area (TPSA) is 78.6 Å². The predicted octanol–water partition coefficient (Wildman–Crippen LogP) is 4.45. The molecule has 0 atom stereocenters. The van der Waals surface area contributed by atoms with Crippen LogP contribution in [0.1, 0.15) is 36.0 Å². The van der Waals surface area contributed by atoms with Gasteiger partial charge in [0.25, 0.3) is 0 Å². The summed E-state index contributed by atoms with van der Waals surface area (Å²) in [6.07, 6.45) is 1.67. The highest BCUT2D eigenvalue weighted by molar-refractivity contribution is 5.97. The van der Waals surface area contributed by atoms with E-state index in [-0.39, 0.29) is 25.2 Å². The lowest BCUT2D eigenvalue weighted by Gasteiger charge is -2.05. The molecule has 6 heteroatoms. The molecular weight excluding hydrogens is 358 g/mol. The van der Waals surface area contributed by atoms with Crippen molar-refractivity contribution in [2.24, 2.45) is 0 Å². The molecule has 0 spiro atoms. The smallest absolute Gasteiger partial charge is 0.306 e. The van der Waals surface area contributed by atoms with Gasteiger partial charge in [-0.3, -0.25) is 9.59 Å². The number of Topliss-reactive ketones (excluding diaryl/α,β-unsaturated/α-hetero) is 1. The number of aromatic nitrogens is 1. The van der Waals surface area contributed by atoms with E-state index in [1.54, 1.807) is 30.5 Å².